The molecule has 2 N–H and O–H groups in total. The van der Waals surface area contributed by atoms with Crippen LogP contribution in [0.1, 0.15) is 24.8 Å². The van der Waals surface area contributed by atoms with Gasteiger partial charge in [0.2, 0.25) is 0 Å². The maximum absolute atomic E-state index is 10.9. The van der Waals surface area contributed by atoms with Crippen molar-refractivity contribution in [1.82, 2.24) is 0 Å². The summed E-state index contributed by atoms with van der Waals surface area (Å²) in [5, 5.41) is 19.3. The minimum Gasteiger partial charge on any atom is -0.481 e. The fourth-order valence-electron chi connectivity index (χ4n) is 2.26. The molecule has 0 saturated heterocycles. The van der Waals surface area contributed by atoms with Crippen molar-refractivity contribution in [3.05, 3.63) is 34.3 Å². The minimum atomic E-state index is -0.968. The first-order valence-electron chi connectivity index (χ1n) is 5.22. The molecule has 0 aliphatic heterocycles. The molecule has 1 aromatic rings. The Hall–Kier alpha value is -0.870. The van der Waals surface area contributed by atoms with Gasteiger partial charge >= 0.3 is 5.97 Å². The van der Waals surface area contributed by atoms with Gasteiger partial charge < -0.3 is 10.2 Å². The number of carbonyl (C=O) groups is 1. The van der Waals surface area contributed by atoms with Gasteiger partial charge in [0, 0.05) is 4.47 Å². The van der Waals surface area contributed by atoms with Crippen molar-refractivity contribution in [2.45, 2.75) is 24.9 Å². The molecule has 16 heavy (non-hydrogen) atoms. The lowest BCUT2D eigenvalue weighted by Crippen LogP contribution is -2.23. The molecule has 86 valence electrons. The molecule has 0 spiro atoms. The van der Waals surface area contributed by atoms with Crippen molar-refractivity contribution in [1.29, 1.82) is 0 Å². The number of aliphatic hydroxyl groups is 1. The van der Waals surface area contributed by atoms with Crippen LogP contribution < -0.4 is 0 Å². The first-order valence-corrected chi connectivity index (χ1v) is 6.02. The van der Waals surface area contributed by atoms with Crippen molar-refractivity contribution in [2.24, 2.45) is 5.92 Å². The highest BCUT2D eigenvalue weighted by Crippen LogP contribution is 2.42. The average molecular weight is 285 g/mol. The van der Waals surface area contributed by atoms with Gasteiger partial charge in [-0.1, -0.05) is 28.1 Å². The Morgan fingerprint density at radius 2 is 2.00 bits per heavy atom. The average Bonchev–Trinajstić information content (AvgIpc) is 2.63. The molecule has 1 aliphatic rings. The number of aliphatic carboxylic acids is 1. The molecule has 4 heteroatoms. The SMILES string of the molecule is O=C(O)[C@@H]1CC[C@@](O)(c2ccc(Br)cc2)C1. The van der Waals surface area contributed by atoms with Crippen LogP contribution in [0.25, 0.3) is 0 Å². The van der Waals surface area contributed by atoms with E-state index in [1.54, 1.807) is 0 Å². The van der Waals surface area contributed by atoms with Crippen molar-refractivity contribution >= 4 is 21.9 Å². The van der Waals surface area contributed by atoms with E-state index in [4.69, 9.17) is 5.11 Å². The van der Waals surface area contributed by atoms with Crippen LogP contribution in [-0.2, 0) is 10.4 Å². The van der Waals surface area contributed by atoms with E-state index in [0.717, 1.165) is 10.0 Å². The largest absolute Gasteiger partial charge is 0.481 e. The van der Waals surface area contributed by atoms with Gasteiger partial charge in [0.05, 0.1) is 11.5 Å². The summed E-state index contributed by atoms with van der Waals surface area (Å²) >= 11 is 3.33. The van der Waals surface area contributed by atoms with E-state index < -0.39 is 17.5 Å². The lowest BCUT2D eigenvalue weighted by molar-refractivity contribution is -0.142. The number of benzene rings is 1. The van der Waals surface area contributed by atoms with Crippen molar-refractivity contribution < 1.29 is 15.0 Å². The van der Waals surface area contributed by atoms with Crippen molar-refractivity contribution in [3.63, 3.8) is 0 Å². The summed E-state index contributed by atoms with van der Waals surface area (Å²) in [6, 6.07) is 7.41. The van der Waals surface area contributed by atoms with Gasteiger partial charge in [0.15, 0.2) is 0 Å². The molecule has 1 saturated carbocycles. The Labute approximate surface area is 102 Å². The predicted octanol–water partition coefficient (Wildman–Crippen LogP) is 2.52. The van der Waals surface area contributed by atoms with Crippen LogP contribution in [-0.4, -0.2) is 16.2 Å². The fraction of sp³-hybridized carbons (Fsp3) is 0.417. The van der Waals surface area contributed by atoms with Gasteiger partial charge in [-0.15, -0.1) is 0 Å². The van der Waals surface area contributed by atoms with Crippen LogP contribution in [0.15, 0.2) is 28.7 Å². The molecule has 1 fully saturated rings. The molecule has 2 atom stereocenters. The molecule has 0 unspecified atom stereocenters. The van der Waals surface area contributed by atoms with Crippen LogP contribution >= 0.6 is 15.9 Å². The van der Waals surface area contributed by atoms with Crippen LogP contribution in [0.2, 0.25) is 0 Å². The maximum Gasteiger partial charge on any atom is 0.306 e. The third kappa shape index (κ3) is 2.13. The highest BCUT2D eigenvalue weighted by molar-refractivity contribution is 9.10. The number of carboxylic acid groups (broad SMARTS) is 1. The Balaban J connectivity index is 2.21. The zero-order valence-electron chi connectivity index (χ0n) is 8.69. The molecular weight excluding hydrogens is 272 g/mol. The van der Waals surface area contributed by atoms with Gasteiger partial charge in [0.25, 0.3) is 0 Å². The van der Waals surface area contributed by atoms with Crippen LogP contribution in [0.5, 0.6) is 0 Å². The quantitative estimate of drug-likeness (QED) is 0.877. The van der Waals surface area contributed by atoms with E-state index in [1.165, 1.54) is 0 Å². The third-order valence-corrected chi connectivity index (χ3v) is 3.75. The van der Waals surface area contributed by atoms with E-state index in [1.807, 2.05) is 24.3 Å². The summed E-state index contributed by atoms with van der Waals surface area (Å²) in [6.45, 7) is 0. The van der Waals surface area contributed by atoms with E-state index in [2.05, 4.69) is 15.9 Å². The lowest BCUT2D eigenvalue weighted by Gasteiger charge is -2.23. The van der Waals surface area contributed by atoms with E-state index in [9.17, 15) is 9.90 Å². The number of halogens is 1. The predicted molar refractivity (Wildman–Crippen MR) is 63.0 cm³/mol. The lowest BCUT2D eigenvalue weighted by atomic mass is 9.91. The second kappa shape index (κ2) is 4.18. The highest BCUT2D eigenvalue weighted by Gasteiger charge is 2.41. The van der Waals surface area contributed by atoms with Crippen LogP contribution in [0.4, 0.5) is 0 Å². The number of hydrogen-bond donors (Lipinski definition) is 2. The Kier molecular flexibility index (Phi) is 3.04. The van der Waals surface area contributed by atoms with Crippen LogP contribution in [0, 0.1) is 5.92 Å². The molecule has 1 aliphatic carbocycles. The second-order valence-electron chi connectivity index (χ2n) is 4.32. The number of rotatable bonds is 2. The van der Waals surface area contributed by atoms with Crippen molar-refractivity contribution in [2.75, 3.05) is 0 Å². The van der Waals surface area contributed by atoms with Crippen LogP contribution in [0.3, 0.4) is 0 Å². The van der Waals surface area contributed by atoms with Gasteiger partial charge in [0.1, 0.15) is 0 Å². The highest BCUT2D eigenvalue weighted by atomic mass is 79.9. The van der Waals surface area contributed by atoms with Crippen molar-refractivity contribution in [3.8, 4) is 0 Å². The first kappa shape index (κ1) is 11.6. The first-order chi connectivity index (χ1) is 7.51. The Bertz CT molecular complexity index is 401. The van der Waals surface area contributed by atoms with Gasteiger partial charge in [-0.3, -0.25) is 4.79 Å². The van der Waals surface area contributed by atoms with E-state index in [0.29, 0.717) is 19.3 Å². The monoisotopic (exact) mass is 284 g/mol. The summed E-state index contributed by atoms with van der Waals surface area (Å²) in [5.74, 6) is -1.23. The molecule has 1 aromatic carbocycles. The molecule has 3 nitrogen and oxygen atoms in total. The minimum absolute atomic E-state index is 0.309. The van der Waals surface area contributed by atoms with Gasteiger partial charge in [-0.25, -0.2) is 0 Å². The van der Waals surface area contributed by atoms with Gasteiger partial charge in [-0.2, -0.15) is 0 Å². The third-order valence-electron chi connectivity index (χ3n) is 3.22. The zero-order valence-corrected chi connectivity index (χ0v) is 10.3. The normalized spacial score (nSPS) is 29.2. The molecule has 0 aromatic heterocycles. The van der Waals surface area contributed by atoms with E-state index in [-0.39, 0.29) is 0 Å². The Morgan fingerprint density at radius 3 is 2.50 bits per heavy atom. The summed E-state index contributed by atoms with van der Waals surface area (Å²) in [7, 11) is 0. The number of hydrogen-bond acceptors (Lipinski definition) is 2. The molecule has 0 bridgehead atoms. The number of carboxylic acids is 1. The molecule has 0 heterocycles. The fourth-order valence-corrected chi connectivity index (χ4v) is 2.52. The maximum atomic E-state index is 10.9. The topological polar surface area (TPSA) is 57.5 Å². The summed E-state index contributed by atoms with van der Waals surface area (Å²) in [4.78, 5) is 10.9. The molecule has 0 radical (unpaired) electrons. The van der Waals surface area contributed by atoms with E-state index >= 15 is 0 Å². The standard InChI is InChI=1S/C12H13BrO3/c13-10-3-1-9(2-4-10)12(16)6-5-8(7-12)11(14)15/h1-4,8,16H,5-7H2,(H,14,15)/t8-,12+/m1/s1. The summed E-state index contributed by atoms with van der Waals surface area (Å²) < 4.78 is 0.952. The van der Waals surface area contributed by atoms with Gasteiger partial charge in [-0.05, 0) is 37.0 Å². The summed E-state index contributed by atoms with van der Waals surface area (Å²) in [6.07, 6.45) is 1.37. The Morgan fingerprint density at radius 1 is 1.38 bits per heavy atom. The molecule has 2 rings (SSSR count). The second-order valence-corrected chi connectivity index (χ2v) is 5.23. The smallest absolute Gasteiger partial charge is 0.306 e. The zero-order chi connectivity index (χ0) is 11.8. The molecular formula is C12H13BrO3. The molecule has 0 amide bonds. The summed E-state index contributed by atoms with van der Waals surface area (Å²) in [5.41, 5.74) is -0.163.